The summed E-state index contributed by atoms with van der Waals surface area (Å²) >= 11 is 0. The molecule has 8 heteroatoms. The van der Waals surface area contributed by atoms with Crippen LogP contribution in [0.5, 0.6) is 11.5 Å². The van der Waals surface area contributed by atoms with Crippen LogP contribution < -0.4 is 14.8 Å². The van der Waals surface area contributed by atoms with Gasteiger partial charge in [0.1, 0.15) is 24.3 Å². The van der Waals surface area contributed by atoms with Crippen molar-refractivity contribution in [3.63, 3.8) is 0 Å². The lowest BCUT2D eigenvalue weighted by Crippen LogP contribution is -2.38. The van der Waals surface area contributed by atoms with E-state index in [2.05, 4.69) is 17.4 Å². The van der Waals surface area contributed by atoms with E-state index in [4.69, 9.17) is 14.0 Å². The SMILES string of the molecule is CCCCCCN(CC(=O)Nc1ccon1)C(=O)c1cc(OC)cc(OC)c1. The van der Waals surface area contributed by atoms with Crippen LogP contribution in [0.25, 0.3) is 0 Å². The van der Waals surface area contributed by atoms with Gasteiger partial charge in [-0.05, 0) is 18.6 Å². The van der Waals surface area contributed by atoms with E-state index >= 15 is 0 Å². The zero-order valence-corrected chi connectivity index (χ0v) is 16.6. The summed E-state index contributed by atoms with van der Waals surface area (Å²) in [6.07, 6.45) is 5.35. The van der Waals surface area contributed by atoms with Gasteiger partial charge in [-0.25, -0.2) is 0 Å². The number of nitrogens with one attached hydrogen (secondary N) is 1. The molecule has 0 atom stereocenters. The number of hydrogen-bond acceptors (Lipinski definition) is 6. The van der Waals surface area contributed by atoms with E-state index in [-0.39, 0.29) is 18.4 Å². The number of unbranched alkanes of at least 4 members (excludes halogenated alkanes) is 3. The Balaban J connectivity index is 2.14. The lowest BCUT2D eigenvalue weighted by Gasteiger charge is -2.22. The van der Waals surface area contributed by atoms with Gasteiger partial charge in [-0.15, -0.1) is 0 Å². The fourth-order valence-electron chi connectivity index (χ4n) is 2.73. The first-order chi connectivity index (χ1) is 13.6. The van der Waals surface area contributed by atoms with Crippen LogP contribution >= 0.6 is 0 Å². The van der Waals surface area contributed by atoms with Gasteiger partial charge in [0.25, 0.3) is 5.91 Å². The highest BCUT2D eigenvalue weighted by Crippen LogP contribution is 2.23. The van der Waals surface area contributed by atoms with E-state index in [9.17, 15) is 9.59 Å². The molecule has 8 nitrogen and oxygen atoms in total. The summed E-state index contributed by atoms with van der Waals surface area (Å²) in [6.45, 7) is 2.51. The van der Waals surface area contributed by atoms with Gasteiger partial charge in [0.05, 0.1) is 14.2 Å². The molecule has 1 N–H and O–H groups in total. The van der Waals surface area contributed by atoms with E-state index in [1.165, 1.54) is 31.4 Å². The molecule has 152 valence electrons. The molecule has 0 spiro atoms. The molecular formula is C20H27N3O5. The van der Waals surface area contributed by atoms with Crippen molar-refractivity contribution in [2.45, 2.75) is 32.6 Å². The molecule has 2 amide bonds. The second-order valence-electron chi connectivity index (χ2n) is 6.32. The molecule has 1 aromatic carbocycles. The number of hydrogen-bond donors (Lipinski definition) is 1. The van der Waals surface area contributed by atoms with E-state index in [1.807, 2.05) is 0 Å². The van der Waals surface area contributed by atoms with Gasteiger partial charge in [-0.2, -0.15) is 0 Å². The highest BCUT2D eigenvalue weighted by atomic mass is 16.5. The number of carbonyl (C=O) groups is 2. The highest BCUT2D eigenvalue weighted by molar-refractivity contribution is 5.99. The van der Waals surface area contributed by atoms with Crippen LogP contribution in [0.3, 0.4) is 0 Å². The Hall–Kier alpha value is -3.03. The van der Waals surface area contributed by atoms with E-state index in [1.54, 1.807) is 18.2 Å². The first-order valence-corrected chi connectivity index (χ1v) is 9.30. The van der Waals surface area contributed by atoms with Crippen LogP contribution in [0.15, 0.2) is 35.1 Å². The Kier molecular flexibility index (Phi) is 8.33. The van der Waals surface area contributed by atoms with Crippen molar-refractivity contribution in [1.29, 1.82) is 0 Å². The van der Waals surface area contributed by atoms with Crippen LogP contribution in [-0.4, -0.2) is 49.2 Å². The summed E-state index contributed by atoms with van der Waals surface area (Å²) < 4.78 is 15.2. The number of carbonyl (C=O) groups excluding carboxylic acids is 2. The van der Waals surface area contributed by atoms with Crippen LogP contribution in [-0.2, 0) is 4.79 Å². The fourth-order valence-corrected chi connectivity index (χ4v) is 2.73. The Bertz CT molecular complexity index is 739. The van der Waals surface area contributed by atoms with E-state index in [0.29, 0.717) is 29.4 Å². The predicted octanol–water partition coefficient (Wildman–Crippen LogP) is 3.35. The molecular weight excluding hydrogens is 362 g/mol. The number of nitrogens with zero attached hydrogens (tertiary/aromatic N) is 2. The molecule has 28 heavy (non-hydrogen) atoms. The fraction of sp³-hybridized carbons (Fsp3) is 0.450. The van der Waals surface area contributed by atoms with E-state index < -0.39 is 0 Å². The normalized spacial score (nSPS) is 10.4. The summed E-state index contributed by atoms with van der Waals surface area (Å²) in [7, 11) is 3.05. The quantitative estimate of drug-likeness (QED) is 0.592. The number of methoxy groups -OCH3 is 2. The van der Waals surface area contributed by atoms with Gasteiger partial charge in [0.15, 0.2) is 5.82 Å². The van der Waals surface area contributed by atoms with Crippen molar-refractivity contribution in [2.75, 3.05) is 32.6 Å². The zero-order valence-electron chi connectivity index (χ0n) is 16.6. The Labute approximate surface area is 164 Å². The first kappa shape index (κ1) is 21.3. The third kappa shape index (κ3) is 6.29. The summed E-state index contributed by atoms with van der Waals surface area (Å²) in [5.74, 6) is 0.740. The molecule has 0 aliphatic rings. The molecule has 2 aromatic rings. The summed E-state index contributed by atoms with van der Waals surface area (Å²) in [6, 6.07) is 6.51. The maximum absolute atomic E-state index is 13.1. The molecule has 0 fully saturated rings. The minimum Gasteiger partial charge on any atom is -0.497 e. The molecule has 0 saturated carbocycles. The minimum absolute atomic E-state index is 0.0860. The first-order valence-electron chi connectivity index (χ1n) is 9.30. The van der Waals surface area contributed by atoms with Crippen molar-refractivity contribution >= 4 is 17.6 Å². The van der Waals surface area contributed by atoms with Gasteiger partial charge in [0, 0.05) is 24.2 Å². The molecule has 0 saturated heterocycles. The number of ether oxygens (including phenoxy) is 2. The Morgan fingerprint density at radius 1 is 1.11 bits per heavy atom. The van der Waals surface area contributed by atoms with Crippen molar-refractivity contribution in [2.24, 2.45) is 0 Å². The van der Waals surface area contributed by atoms with Crippen LogP contribution in [0.1, 0.15) is 43.0 Å². The number of aromatic nitrogens is 1. The van der Waals surface area contributed by atoms with Gasteiger partial charge >= 0.3 is 0 Å². The lowest BCUT2D eigenvalue weighted by molar-refractivity contribution is -0.117. The third-order valence-corrected chi connectivity index (χ3v) is 4.21. The molecule has 0 aliphatic carbocycles. The summed E-state index contributed by atoms with van der Waals surface area (Å²) in [4.78, 5) is 27.0. The van der Waals surface area contributed by atoms with Crippen LogP contribution in [0, 0.1) is 0 Å². The number of anilines is 1. The second-order valence-corrected chi connectivity index (χ2v) is 6.32. The molecule has 0 bridgehead atoms. The minimum atomic E-state index is -0.340. The Morgan fingerprint density at radius 2 is 1.82 bits per heavy atom. The summed E-state index contributed by atoms with van der Waals surface area (Å²) in [5, 5.41) is 6.27. The molecule has 1 heterocycles. The van der Waals surface area contributed by atoms with Gasteiger partial charge in [-0.3, -0.25) is 9.59 Å². The smallest absolute Gasteiger partial charge is 0.254 e. The number of rotatable bonds is 11. The average molecular weight is 389 g/mol. The van der Waals surface area contributed by atoms with Gasteiger partial charge in [0.2, 0.25) is 5.91 Å². The Morgan fingerprint density at radius 3 is 2.39 bits per heavy atom. The lowest BCUT2D eigenvalue weighted by atomic mass is 10.1. The highest BCUT2D eigenvalue weighted by Gasteiger charge is 2.20. The molecule has 0 radical (unpaired) electrons. The van der Waals surface area contributed by atoms with Crippen molar-refractivity contribution in [3.8, 4) is 11.5 Å². The molecule has 0 aliphatic heterocycles. The largest absolute Gasteiger partial charge is 0.497 e. The maximum Gasteiger partial charge on any atom is 0.254 e. The zero-order chi connectivity index (χ0) is 20.4. The number of amides is 2. The van der Waals surface area contributed by atoms with Gasteiger partial charge < -0.3 is 24.2 Å². The van der Waals surface area contributed by atoms with Crippen molar-refractivity contribution < 1.29 is 23.6 Å². The summed E-state index contributed by atoms with van der Waals surface area (Å²) in [5.41, 5.74) is 0.404. The van der Waals surface area contributed by atoms with Gasteiger partial charge in [-0.1, -0.05) is 31.3 Å². The second kappa shape index (κ2) is 11.0. The topological polar surface area (TPSA) is 93.9 Å². The monoisotopic (exact) mass is 389 g/mol. The number of benzene rings is 1. The van der Waals surface area contributed by atoms with Crippen LogP contribution in [0.4, 0.5) is 5.82 Å². The molecule has 0 unspecified atom stereocenters. The average Bonchev–Trinajstić information content (AvgIpc) is 3.22. The third-order valence-electron chi connectivity index (χ3n) is 4.21. The van der Waals surface area contributed by atoms with Crippen molar-refractivity contribution in [3.05, 3.63) is 36.1 Å². The van der Waals surface area contributed by atoms with Crippen LogP contribution in [0.2, 0.25) is 0 Å². The molecule has 2 rings (SSSR count). The standard InChI is InChI=1S/C20H27N3O5/c1-4-5-6-7-9-23(14-19(24)21-18-8-10-28-22-18)20(25)15-11-16(26-2)13-17(12-15)27-3/h8,10-13H,4-7,9,14H2,1-3H3,(H,21,22,24). The molecule has 1 aromatic heterocycles. The van der Waals surface area contributed by atoms with E-state index in [0.717, 1.165) is 25.7 Å². The maximum atomic E-state index is 13.1. The predicted molar refractivity (Wildman–Crippen MR) is 105 cm³/mol. The van der Waals surface area contributed by atoms with Crippen molar-refractivity contribution in [1.82, 2.24) is 10.1 Å².